The molecule has 0 fully saturated rings. The summed E-state index contributed by atoms with van der Waals surface area (Å²) in [4.78, 5) is 14.6. The Bertz CT molecular complexity index is 693. The van der Waals surface area contributed by atoms with Crippen LogP contribution in [0.15, 0.2) is 36.5 Å². The molecule has 2 rings (SSSR count). The number of benzene rings is 1. The number of H-pyrrole nitrogens is 1. The maximum Gasteiger partial charge on any atom is 0.223 e. The van der Waals surface area contributed by atoms with Crippen molar-refractivity contribution < 1.29 is 10.0 Å². The molecule has 1 heterocycles. The van der Waals surface area contributed by atoms with Gasteiger partial charge in [0.2, 0.25) is 6.04 Å². The van der Waals surface area contributed by atoms with Gasteiger partial charge in [-0.25, -0.2) is 0 Å². The Labute approximate surface area is 155 Å². The predicted octanol–water partition coefficient (Wildman–Crippen LogP) is 4.27. The van der Waals surface area contributed by atoms with Crippen molar-refractivity contribution in [2.24, 2.45) is 5.41 Å². The second kappa shape index (κ2) is 7.65. The van der Waals surface area contributed by atoms with Gasteiger partial charge in [-0.1, -0.05) is 26.0 Å². The van der Waals surface area contributed by atoms with E-state index in [0.29, 0.717) is 12.8 Å². The summed E-state index contributed by atoms with van der Waals surface area (Å²) in [5.41, 5.74) is 2.29. The summed E-state index contributed by atoms with van der Waals surface area (Å²) in [6.07, 6.45) is 1.95. The van der Waals surface area contributed by atoms with Crippen LogP contribution in [0, 0.1) is 19.1 Å². The van der Waals surface area contributed by atoms with Crippen molar-refractivity contribution in [2.75, 3.05) is 0 Å². The van der Waals surface area contributed by atoms with Crippen molar-refractivity contribution in [1.82, 2.24) is 4.98 Å². The van der Waals surface area contributed by atoms with Gasteiger partial charge in [-0.2, -0.15) is 0 Å². The van der Waals surface area contributed by atoms with E-state index in [-0.39, 0.29) is 4.92 Å². The van der Waals surface area contributed by atoms with E-state index in [2.05, 4.69) is 27.6 Å². The Kier molecular flexibility index (Phi) is 6.03. The first-order valence-electron chi connectivity index (χ1n) is 7.94. The van der Waals surface area contributed by atoms with Crippen molar-refractivity contribution in [1.29, 1.82) is 0 Å². The average molecular weight is 442 g/mol. The molecule has 6 heteroatoms. The predicted molar refractivity (Wildman–Crippen MR) is 104 cm³/mol. The minimum absolute atomic E-state index is 0.221. The van der Waals surface area contributed by atoms with E-state index in [1.54, 1.807) is 6.92 Å². The van der Waals surface area contributed by atoms with Crippen LogP contribution in [0.3, 0.4) is 0 Å². The first-order valence-corrected chi connectivity index (χ1v) is 9.02. The zero-order valence-electron chi connectivity index (χ0n) is 14.1. The summed E-state index contributed by atoms with van der Waals surface area (Å²) in [6, 6.07) is 9.28. The summed E-state index contributed by atoms with van der Waals surface area (Å²) < 4.78 is 1.15. The van der Waals surface area contributed by atoms with Crippen LogP contribution in [0.25, 0.3) is 11.1 Å². The molecule has 24 heavy (non-hydrogen) atoms. The molecule has 2 aromatic rings. The lowest BCUT2D eigenvalue weighted by molar-refractivity contribution is -0.541. The summed E-state index contributed by atoms with van der Waals surface area (Å²) in [5.74, 6) is 0. The molecule has 0 radical (unpaired) electrons. The third-order valence-corrected chi connectivity index (χ3v) is 5.08. The van der Waals surface area contributed by atoms with Crippen molar-refractivity contribution >= 4 is 22.6 Å². The van der Waals surface area contributed by atoms with Gasteiger partial charge in [-0.05, 0) is 59.7 Å². The van der Waals surface area contributed by atoms with Gasteiger partial charge in [0.15, 0.2) is 0 Å². The van der Waals surface area contributed by atoms with Crippen molar-refractivity contribution in [2.45, 2.75) is 45.8 Å². The second-order valence-electron chi connectivity index (χ2n) is 6.92. The van der Waals surface area contributed by atoms with E-state index in [0.717, 1.165) is 20.4 Å². The van der Waals surface area contributed by atoms with E-state index in [4.69, 9.17) is 0 Å². The lowest BCUT2D eigenvalue weighted by atomic mass is 9.77. The molecule has 0 aliphatic heterocycles. The zero-order chi connectivity index (χ0) is 17.9. The minimum atomic E-state index is -0.770. The number of nitrogens with one attached hydrogen (secondary N) is 1. The van der Waals surface area contributed by atoms with Crippen molar-refractivity contribution in [3.63, 3.8) is 0 Å². The second-order valence-corrected chi connectivity index (χ2v) is 8.17. The molecule has 0 aliphatic rings. The number of halogens is 1. The molecular formula is C18H23IN2O3. The van der Waals surface area contributed by atoms with Crippen molar-refractivity contribution in [3.05, 3.63) is 55.9 Å². The highest BCUT2D eigenvalue weighted by Gasteiger charge is 2.40. The molecule has 5 nitrogen and oxygen atoms in total. The molecule has 2 atom stereocenters. The number of nitro groups is 1. The Morgan fingerprint density at radius 2 is 1.92 bits per heavy atom. The van der Waals surface area contributed by atoms with Crippen LogP contribution >= 0.6 is 22.6 Å². The molecule has 2 unspecified atom stereocenters. The standard InChI is InChI=1S/C18H23IN2O3/c1-12(22)11-18(2,3)17(21(23)24)10-16-15(8-9-20-16)13-4-6-14(19)7-5-13/h4-9,12,17,20,22H,10-11H2,1-3H3. The Balaban J connectivity index is 2.30. The third-order valence-electron chi connectivity index (χ3n) is 4.36. The van der Waals surface area contributed by atoms with Gasteiger partial charge >= 0.3 is 0 Å². The fourth-order valence-electron chi connectivity index (χ4n) is 3.20. The fraction of sp³-hybridized carbons (Fsp3) is 0.444. The van der Waals surface area contributed by atoms with E-state index >= 15 is 0 Å². The molecule has 130 valence electrons. The first kappa shape index (κ1) is 18.9. The maximum atomic E-state index is 11.7. The monoisotopic (exact) mass is 442 g/mol. The molecule has 0 saturated heterocycles. The van der Waals surface area contributed by atoms with Gasteiger partial charge in [-0.3, -0.25) is 10.1 Å². The van der Waals surface area contributed by atoms with E-state index < -0.39 is 17.6 Å². The van der Waals surface area contributed by atoms with Crippen LogP contribution in [0.5, 0.6) is 0 Å². The average Bonchev–Trinajstić information content (AvgIpc) is 2.92. The smallest absolute Gasteiger partial charge is 0.223 e. The number of aliphatic hydroxyl groups is 1. The van der Waals surface area contributed by atoms with Gasteiger partial charge in [0.25, 0.3) is 0 Å². The largest absolute Gasteiger partial charge is 0.393 e. The van der Waals surface area contributed by atoms with Gasteiger partial charge in [0, 0.05) is 31.4 Å². The molecule has 0 spiro atoms. The first-order chi connectivity index (χ1) is 11.2. The molecule has 2 N–H and O–H groups in total. The fourth-order valence-corrected chi connectivity index (χ4v) is 3.56. The van der Waals surface area contributed by atoms with Crippen LogP contribution in [-0.2, 0) is 6.42 Å². The number of aromatic nitrogens is 1. The van der Waals surface area contributed by atoms with E-state index in [9.17, 15) is 15.2 Å². The molecular weight excluding hydrogens is 419 g/mol. The van der Waals surface area contributed by atoms with Crippen LogP contribution in [0.4, 0.5) is 0 Å². The van der Waals surface area contributed by atoms with E-state index in [1.165, 1.54) is 0 Å². The highest BCUT2D eigenvalue weighted by atomic mass is 127. The number of hydrogen-bond donors (Lipinski definition) is 2. The van der Waals surface area contributed by atoms with Crippen LogP contribution < -0.4 is 0 Å². The lowest BCUT2D eigenvalue weighted by Gasteiger charge is -2.29. The van der Waals surface area contributed by atoms with E-state index in [1.807, 2.05) is 50.4 Å². The van der Waals surface area contributed by atoms with Gasteiger partial charge in [-0.15, -0.1) is 0 Å². The molecule has 0 aliphatic carbocycles. The normalized spacial score (nSPS) is 14.4. The van der Waals surface area contributed by atoms with Crippen LogP contribution in [-0.4, -0.2) is 27.2 Å². The van der Waals surface area contributed by atoms with Gasteiger partial charge in [0.1, 0.15) is 0 Å². The Morgan fingerprint density at radius 3 is 2.46 bits per heavy atom. The third kappa shape index (κ3) is 4.57. The number of aliphatic hydroxyl groups excluding tert-OH is 1. The quantitative estimate of drug-likeness (QED) is 0.382. The number of nitrogens with zero attached hydrogens (tertiary/aromatic N) is 1. The summed E-state index contributed by atoms with van der Waals surface area (Å²) in [6.45, 7) is 5.37. The lowest BCUT2D eigenvalue weighted by Crippen LogP contribution is -2.40. The Hall–Kier alpha value is -1.41. The van der Waals surface area contributed by atoms with Crippen molar-refractivity contribution in [3.8, 4) is 11.1 Å². The highest BCUT2D eigenvalue weighted by molar-refractivity contribution is 14.1. The van der Waals surface area contributed by atoms with Crippen LogP contribution in [0.1, 0.15) is 32.9 Å². The molecule has 0 amide bonds. The summed E-state index contributed by atoms with van der Waals surface area (Å²) >= 11 is 2.25. The maximum absolute atomic E-state index is 11.7. The molecule has 0 saturated carbocycles. The summed E-state index contributed by atoms with van der Waals surface area (Å²) in [5, 5.41) is 21.3. The van der Waals surface area contributed by atoms with Gasteiger partial charge < -0.3 is 10.1 Å². The highest BCUT2D eigenvalue weighted by Crippen LogP contribution is 2.33. The number of hydrogen-bond acceptors (Lipinski definition) is 3. The topological polar surface area (TPSA) is 79.2 Å². The minimum Gasteiger partial charge on any atom is -0.393 e. The van der Waals surface area contributed by atoms with Crippen LogP contribution in [0.2, 0.25) is 0 Å². The SMILES string of the molecule is CC(O)CC(C)(C)C(Cc1[nH]ccc1-c1ccc(I)cc1)[N+](=O)[O-]. The molecule has 1 aromatic heterocycles. The number of aromatic amines is 1. The molecule has 0 bridgehead atoms. The zero-order valence-corrected chi connectivity index (χ0v) is 16.3. The Morgan fingerprint density at radius 1 is 1.29 bits per heavy atom. The number of rotatable bonds is 7. The summed E-state index contributed by atoms with van der Waals surface area (Å²) in [7, 11) is 0. The molecule has 1 aromatic carbocycles. The van der Waals surface area contributed by atoms with Gasteiger partial charge in [0.05, 0.1) is 12.5 Å².